The molecule has 0 unspecified atom stereocenters. The summed E-state index contributed by atoms with van der Waals surface area (Å²) in [6, 6.07) is 17.4. The zero-order valence-corrected chi connectivity index (χ0v) is 17.1. The normalized spacial score (nSPS) is 15.1. The highest BCUT2D eigenvalue weighted by atomic mass is 16.5. The Hall–Kier alpha value is -2.66. The molecule has 0 saturated carbocycles. The van der Waals surface area contributed by atoms with Gasteiger partial charge in [0.15, 0.2) is 5.78 Å². The molecule has 3 rings (SSSR count). The lowest BCUT2D eigenvalue weighted by molar-refractivity contribution is -0.122. The van der Waals surface area contributed by atoms with Crippen molar-refractivity contribution in [3.8, 4) is 5.75 Å². The minimum atomic E-state index is -0.0778. The summed E-state index contributed by atoms with van der Waals surface area (Å²) in [5.41, 5.74) is 1.97. The van der Waals surface area contributed by atoms with Crippen molar-refractivity contribution in [1.29, 1.82) is 0 Å². The molecule has 1 amide bonds. The number of benzene rings is 2. The molecule has 0 atom stereocenters. The van der Waals surface area contributed by atoms with Crippen LogP contribution < -0.4 is 10.1 Å². The molecule has 1 N–H and O–H groups in total. The van der Waals surface area contributed by atoms with Crippen LogP contribution in [-0.4, -0.2) is 49.9 Å². The van der Waals surface area contributed by atoms with E-state index in [0.717, 1.165) is 38.1 Å². The number of Topliss-reactive ketones (excluding diaryl/α,β-unsaturated/α-hetero) is 1. The minimum absolute atomic E-state index is 0.0567. The number of piperidine rings is 1. The zero-order chi connectivity index (χ0) is 20.5. The van der Waals surface area contributed by atoms with Crippen LogP contribution in [0.15, 0.2) is 54.6 Å². The van der Waals surface area contributed by atoms with Gasteiger partial charge >= 0.3 is 0 Å². The average molecular weight is 395 g/mol. The van der Waals surface area contributed by atoms with Crippen LogP contribution >= 0.6 is 0 Å². The number of hydrogen-bond donors (Lipinski definition) is 1. The van der Waals surface area contributed by atoms with Crippen LogP contribution in [0.25, 0.3) is 0 Å². The maximum Gasteiger partial charge on any atom is 0.234 e. The number of carbonyl (C=O) groups is 2. The van der Waals surface area contributed by atoms with Gasteiger partial charge in [-0.2, -0.15) is 0 Å². The summed E-state index contributed by atoms with van der Waals surface area (Å²) in [4.78, 5) is 26.4. The number of nitrogens with zero attached hydrogens (tertiary/aromatic N) is 1. The summed E-state index contributed by atoms with van der Waals surface area (Å²) in [6.45, 7) is 2.30. The van der Waals surface area contributed by atoms with Gasteiger partial charge in [-0.15, -0.1) is 0 Å². The lowest BCUT2D eigenvalue weighted by atomic mass is 9.90. The first-order valence-corrected chi connectivity index (χ1v) is 10.3. The van der Waals surface area contributed by atoms with Gasteiger partial charge in [0.25, 0.3) is 0 Å². The van der Waals surface area contributed by atoms with Crippen molar-refractivity contribution >= 4 is 11.7 Å². The van der Waals surface area contributed by atoms with Gasteiger partial charge < -0.3 is 10.1 Å². The highest BCUT2D eigenvalue weighted by Crippen LogP contribution is 2.23. The van der Waals surface area contributed by atoms with Gasteiger partial charge in [0.1, 0.15) is 5.75 Å². The molecule has 2 aromatic carbocycles. The monoisotopic (exact) mass is 394 g/mol. The Kier molecular flexibility index (Phi) is 7.82. The third kappa shape index (κ3) is 6.71. The second-order valence-electron chi connectivity index (χ2n) is 7.67. The fourth-order valence-corrected chi connectivity index (χ4v) is 3.76. The van der Waals surface area contributed by atoms with E-state index in [1.807, 2.05) is 30.3 Å². The molecular weight excluding hydrogens is 364 g/mol. The molecule has 1 heterocycles. The highest BCUT2D eigenvalue weighted by Gasteiger charge is 2.21. The van der Waals surface area contributed by atoms with E-state index in [9.17, 15) is 9.59 Å². The van der Waals surface area contributed by atoms with Crippen LogP contribution in [0.4, 0.5) is 0 Å². The Labute approximate surface area is 173 Å². The predicted octanol–water partition coefficient (Wildman–Crippen LogP) is 3.34. The number of methoxy groups -OCH3 is 1. The zero-order valence-electron chi connectivity index (χ0n) is 17.1. The van der Waals surface area contributed by atoms with Crippen molar-refractivity contribution in [3.63, 3.8) is 0 Å². The number of nitrogens with one attached hydrogen (secondary N) is 1. The fraction of sp³-hybridized carbons (Fsp3) is 0.417. The van der Waals surface area contributed by atoms with E-state index in [2.05, 4.69) is 22.3 Å². The first kappa shape index (κ1) is 21.1. The molecule has 1 saturated heterocycles. The van der Waals surface area contributed by atoms with Crippen LogP contribution in [0, 0.1) is 5.92 Å². The van der Waals surface area contributed by atoms with Gasteiger partial charge in [-0.25, -0.2) is 0 Å². The van der Waals surface area contributed by atoms with E-state index in [1.165, 1.54) is 12.0 Å². The van der Waals surface area contributed by atoms with Crippen molar-refractivity contribution in [1.82, 2.24) is 10.2 Å². The van der Waals surface area contributed by atoms with Crippen molar-refractivity contribution in [2.24, 2.45) is 5.92 Å². The largest absolute Gasteiger partial charge is 0.497 e. The Bertz CT molecular complexity index is 782. The van der Waals surface area contributed by atoms with E-state index >= 15 is 0 Å². The standard InChI is InChI=1S/C24H30N2O3/c1-29-22-11-9-19(10-12-22)7-8-20-13-15-26(16-14-20)18-24(28)25-17-23(27)21-5-3-2-4-6-21/h2-6,9-12,20H,7-8,13-18H2,1H3,(H,25,28). The molecule has 1 aliphatic rings. The van der Waals surface area contributed by atoms with Crippen molar-refractivity contribution in [2.45, 2.75) is 25.7 Å². The maximum atomic E-state index is 12.2. The van der Waals surface area contributed by atoms with E-state index in [-0.39, 0.29) is 18.2 Å². The van der Waals surface area contributed by atoms with Gasteiger partial charge in [-0.05, 0) is 62.4 Å². The van der Waals surface area contributed by atoms with E-state index in [4.69, 9.17) is 4.74 Å². The van der Waals surface area contributed by atoms with E-state index in [1.54, 1.807) is 19.2 Å². The molecule has 5 nitrogen and oxygen atoms in total. The minimum Gasteiger partial charge on any atom is -0.497 e. The topological polar surface area (TPSA) is 58.6 Å². The number of ether oxygens (including phenoxy) is 1. The summed E-state index contributed by atoms with van der Waals surface area (Å²) >= 11 is 0. The van der Waals surface area contributed by atoms with Crippen LogP contribution in [0.1, 0.15) is 35.2 Å². The number of amides is 1. The fourth-order valence-electron chi connectivity index (χ4n) is 3.76. The van der Waals surface area contributed by atoms with E-state index in [0.29, 0.717) is 18.0 Å². The van der Waals surface area contributed by atoms with Gasteiger partial charge in [0, 0.05) is 5.56 Å². The molecule has 0 radical (unpaired) electrons. The van der Waals surface area contributed by atoms with E-state index < -0.39 is 0 Å². The quantitative estimate of drug-likeness (QED) is 0.663. The number of aryl methyl sites for hydroxylation is 1. The maximum absolute atomic E-state index is 12.2. The summed E-state index contributed by atoms with van der Waals surface area (Å²) in [6.07, 6.45) is 4.49. The first-order valence-electron chi connectivity index (χ1n) is 10.3. The Morgan fingerprint density at radius 2 is 1.72 bits per heavy atom. The van der Waals surface area contributed by atoms with Crippen molar-refractivity contribution in [3.05, 3.63) is 65.7 Å². The number of ketones is 1. The molecule has 1 aliphatic heterocycles. The molecule has 1 fully saturated rings. The predicted molar refractivity (Wildman–Crippen MR) is 114 cm³/mol. The Morgan fingerprint density at radius 3 is 2.38 bits per heavy atom. The molecular formula is C24H30N2O3. The highest BCUT2D eigenvalue weighted by molar-refractivity contribution is 5.99. The van der Waals surface area contributed by atoms with Gasteiger partial charge in [0.05, 0.1) is 20.2 Å². The number of carbonyl (C=O) groups excluding carboxylic acids is 2. The summed E-state index contributed by atoms with van der Waals surface area (Å²) in [5.74, 6) is 1.46. The molecule has 29 heavy (non-hydrogen) atoms. The first-order chi connectivity index (χ1) is 14.1. The van der Waals surface area contributed by atoms with Crippen molar-refractivity contribution < 1.29 is 14.3 Å². The number of hydrogen-bond acceptors (Lipinski definition) is 4. The second-order valence-corrected chi connectivity index (χ2v) is 7.67. The number of likely N-dealkylation sites (tertiary alicyclic amines) is 1. The average Bonchev–Trinajstić information content (AvgIpc) is 2.78. The molecule has 5 heteroatoms. The summed E-state index contributed by atoms with van der Waals surface area (Å²) in [7, 11) is 1.68. The molecule has 0 spiro atoms. The third-order valence-electron chi connectivity index (χ3n) is 5.62. The third-order valence-corrected chi connectivity index (χ3v) is 5.62. The van der Waals surface area contributed by atoms with Gasteiger partial charge in [0.2, 0.25) is 5.91 Å². The van der Waals surface area contributed by atoms with Gasteiger partial charge in [-0.1, -0.05) is 42.5 Å². The van der Waals surface area contributed by atoms with Crippen LogP contribution in [0.5, 0.6) is 5.75 Å². The van der Waals surface area contributed by atoms with Crippen LogP contribution in [0.2, 0.25) is 0 Å². The van der Waals surface area contributed by atoms with Crippen molar-refractivity contribution in [2.75, 3.05) is 33.3 Å². The molecule has 0 bridgehead atoms. The Morgan fingerprint density at radius 1 is 1.03 bits per heavy atom. The lowest BCUT2D eigenvalue weighted by Crippen LogP contribution is -2.42. The molecule has 0 aromatic heterocycles. The van der Waals surface area contributed by atoms with Crippen LogP contribution in [-0.2, 0) is 11.2 Å². The van der Waals surface area contributed by atoms with Gasteiger partial charge in [-0.3, -0.25) is 14.5 Å². The molecule has 0 aliphatic carbocycles. The summed E-state index contributed by atoms with van der Waals surface area (Å²) in [5, 5.41) is 2.76. The summed E-state index contributed by atoms with van der Waals surface area (Å²) < 4.78 is 5.20. The molecule has 154 valence electrons. The molecule has 2 aromatic rings. The number of rotatable bonds is 9. The smallest absolute Gasteiger partial charge is 0.234 e. The SMILES string of the molecule is COc1ccc(CCC2CCN(CC(=O)NCC(=O)c3ccccc3)CC2)cc1. The second kappa shape index (κ2) is 10.8. The Balaban J connectivity index is 1.32. The lowest BCUT2D eigenvalue weighted by Gasteiger charge is -2.31. The van der Waals surface area contributed by atoms with Crippen LogP contribution in [0.3, 0.4) is 0 Å².